The molecular weight excluding hydrogens is 691 g/mol. The van der Waals surface area contributed by atoms with E-state index in [0.29, 0.717) is 25.3 Å². The zero-order valence-electron chi connectivity index (χ0n) is 21.2. The first-order chi connectivity index (χ1) is 19.4. The Kier molecular flexibility index (Phi) is 8.93. The van der Waals surface area contributed by atoms with E-state index in [0.717, 1.165) is 36.0 Å². The van der Waals surface area contributed by atoms with Crippen molar-refractivity contribution < 1.29 is 32.0 Å². The normalized spacial score (nSPS) is 15.1. The number of amides is 1. The summed E-state index contributed by atoms with van der Waals surface area (Å²) in [6, 6.07) is 11.6. The minimum absolute atomic E-state index is 0.0668. The van der Waals surface area contributed by atoms with Crippen molar-refractivity contribution >= 4 is 78.7 Å². The number of nitrogens with one attached hydrogen (secondary N) is 1. The van der Waals surface area contributed by atoms with Gasteiger partial charge in [0.25, 0.3) is 17.3 Å². The molecule has 0 radical (unpaired) electrons. The number of carbonyl (C=O) groups excluding carboxylic acids is 1. The Morgan fingerprint density at radius 1 is 1.05 bits per heavy atom. The number of hydrogen-bond acceptors (Lipinski definition) is 11. The number of benzene rings is 3. The molecule has 0 saturated carbocycles. The molecule has 0 unspecified atom stereocenters. The summed E-state index contributed by atoms with van der Waals surface area (Å²) in [4.78, 5) is 37.8. The van der Waals surface area contributed by atoms with Crippen molar-refractivity contribution in [3.8, 4) is 11.5 Å². The fourth-order valence-corrected chi connectivity index (χ4v) is 6.20. The standard InChI is InChI=1S/C25H19IN4O9S2/c1-3-38-21-12-15(11-19(26)23(21)39-41(36,37)18-7-4-16(5-8-18)29(32)33)13-22-24(31)28-25(40-22)27-20-9-6-17(30(34)35)10-14(20)2/h4-13H,3H2,1-2H3,(H,27,28,31)/b22-13+. The molecule has 16 heteroatoms. The monoisotopic (exact) mass is 710 g/mol. The average Bonchev–Trinajstić information content (AvgIpc) is 3.25. The Bertz CT molecular complexity index is 1740. The number of amidine groups is 1. The van der Waals surface area contributed by atoms with Gasteiger partial charge in [0.1, 0.15) is 4.90 Å². The van der Waals surface area contributed by atoms with Gasteiger partial charge in [-0.25, -0.2) is 4.99 Å². The summed E-state index contributed by atoms with van der Waals surface area (Å²) in [5, 5.41) is 24.8. The van der Waals surface area contributed by atoms with Gasteiger partial charge in [-0.1, -0.05) is 0 Å². The number of halogens is 1. The van der Waals surface area contributed by atoms with Gasteiger partial charge in [-0.05, 0) is 95.7 Å². The number of nitro groups is 2. The van der Waals surface area contributed by atoms with E-state index < -0.39 is 25.9 Å². The largest absolute Gasteiger partial charge is 0.490 e. The van der Waals surface area contributed by atoms with Crippen LogP contribution in [0.2, 0.25) is 0 Å². The average molecular weight is 710 g/mol. The van der Waals surface area contributed by atoms with Crippen LogP contribution in [0.3, 0.4) is 0 Å². The summed E-state index contributed by atoms with van der Waals surface area (Å²) >= 11 is 2.94. The quantitative estimate of drug-likeness (QED) is 0.0983. The number of aliphatic imine (C=N–C) groups is 1. The van der Waals surface area contributed by atoms with Crippen LogP contribution in [0.1, 0.15) is 18.1 Å². The van der Waals surface area contributed by atoms with Gasteiger partial charge in [-0.15, -0.1) is 0 Å². The summed E-state index contributed by atoms with van der Waals surface area (Å²) in [5.41, 5.74) is 1.21. The van der Waals surface area contributed by atoms with Gasteiger partial charge >= 0.3 is 10.1 Å². The van der Waals surface area contributed by atoms with E-state index >= 15 is 0 Å². The molecule has 13 nitrogen and oxygen atoms in total. The fraction of sp³-hybridized carbons (Fsp3) is 0.120. The van der Waals surface area contributed by atoms with Gasteiger partial charge in [0.2, 0.25) is 0 Å². The maximum absolute atomic E-state index is 12.9. The smallest absolute Gasteiger partial charge is 0.339 e. The van der Waals surface area contributed by atoms with Gasteiger partial charge in [0, 0.05) is 24.3 Å². The Hall–Kier alpha value is -4.03. The first kappa shape index (κ1) is 29.9. The molecule has 1 N–H and O–H groups in total. The van der Waals surface area contributed by atoms with Crippen molar-refractivity contribution in [1.82, 2.24) is 5.32 Å². The van der Waals surface area contributed by atoms with Crippen molar-refractivity contribution in [2.45, 2.75) is 18.7 Å². The number of aryl methyl sites for hydroxylation is 1. The molecule has 3 aromatic carbocycles. The van der Waals surface area contributed by atoms with Crippen molar-refractivity contribution in [2.24, 2.45) is 4.99 Å². The Labute approximate surface area is 251 Å². The number of non-ortho nitro benzene ring substituents is 2. The van der Waals surface area contributed by atoms with Crippen LogP contribution in [-0.2, 0) is 14.9 Å². The van der Waals surface area contributed by atoms with Gasteiger partial charge < -0.3 is 14.2 Å². The molecule has 0 aliphatic carbocycles. The lowest BCUT2D eigenvalue weighted by Gasteiger charge is -2.14. The maximum Gasteiger partial charge on any atom is 0.339 e. The van der Waals surface area contributed by atoms with Gasteiger partial charge in [0.05, 0.1) is 30.6 Å². The van der Waals surface area contributed by atoms with E-state index in [4.69, 9.17) is 8.92 Å². The number of ether oxygens (including phenoxy) is 1. The predicted octanol–water partition coefficient (Wildman–Crippen LogP) is 5.47. The van der Waals surface area contributed by atoms with Crippen LogP contribution in [0, 0.1) is 30.7 Å². The molecule has 0 spiro atoms. The SMILES string of the molecule is CCOc1cc(/C=C2/SC(=Nc3ccc([N+](=O)[O-])cc3C)NC2=O)cc(I)c1OS(=O)(=O)c1ccc([N+](=O)[O-])cc1. The zero-order valence-corrected chi connectivity index (χ0v) is 25.0. The third kappa shape index (κ3) is 7.01. The number of nitrogens with zero attached hydrogens (tertiary/aromatic N) is 3. The minimum atomic E-state index is -4.36. The lowest BCUT2D eigenvalue weighted by Crippen LogP contribution is -2.19. The highest BCUT2D eigenvalue weighted by atomic mass is 127. The molecule has 1 aliphatic rings. The van der Waals surface area contributed by atoms with Crippen molar-refractivity contribution in [1.29, 1.82) is 0 Å². The van der Waals surface area contributed by atoms with Crippen LogP contribution in [0.5, 0.6) is 11.5 Å². The lowest BCUT2D eigenvalue weighted by molar-refractivity contribution is -0.385. The topological polar surface area (TPSA) is 180 Å². The maximum atomic E-state index is 12.9. The highest BCUT2D eigenvalue weighted by molar-refractivity contribution is 14.1. The van der Waals surface area contributed by atoms with Crippen molar-refractivity contribution in [3.63, 3.8) is 0 Å². The van der Waals surface area contributed by atoms with Gasteiger partial charge in [0.15, 0.2) is 16.7 Å². The molecule has 1 saturated heterocycles. The number of carbonyl (C=O) groups is 1. The molecule has 0 atom stereocenters. The number of hydrogen-bond donors (Lipinski definition) is 1. The van der Waals surface area contributed by atoms with Crippen LogP contribution in [0.4, 0.5) is 17.1 Å². The number of rotatable bonds is 9. The second-order valence-electron chi connectivity index (χ2n) is 8.26. The fourth-order valence-electron chi connectivity index (χ4n) is 3.53. The van der Waals surface area contributed by atoms with Crippen LogP contribution in [0.15, 0.2) is 69.4 Å². The molecule has 1 heterocycles. The molecule has 1 fully saturated rings. The Morgan fingerprint density at radius 3 is 2.32 bits per heavy atom. The van der Waals surface area contributed by atoms with E-state index in [9.17, 15) is 33.4 Å². The molecule has 4 rings (SSSR count). The first-order valence-corrected chi connectivity index (χ1v) is 14.9. The zero-order chi connectivity index (χ0) is 29.9. The molecule has 41 heavy (non-hydrogen) atoms. The van der Waals surface area contributed by atoms with Crippen molar-refractivity contribution in [3.05, 3.63) is 94.4 Å². The lowest BCUT2D eigenvalue weighted by atomic mass is 10.2. The van der Waals surface area contributed by atoms with Crippen LogP contribution in [-0.4, -0.2) is 35.9 Å². The third-order valence-electron chi connectivity index (χ3n) is 5.42. The van der Waals surface area contributed by atoms with E-state index in [1.807, 2.05) is 22.6 Å². The summed E-state index contributed by atoms with van der Waals surface area (Å²) in [7, 11) is -4.36. The van der Waals surface area contributed by atoms with E-state index in [1.165, 1.54) is 24.3 Å². The van der Waals surface area contributed by atoms with Crippen LogP contribution in [0.25, 0.3) is 6.08 Å². The molecule has 0 aromatic heterocycles. The Balaban J connectivity index is 1.61. The minimum Gasteiger partial charge on any atom is -0.490 e. The van der Waals surface area contributed by atoms with Crippen LogP contribution >= 0.6 is 34.4 Å². The van der Waals surface area contributed by atoms with Crippen LogP contribution < -0.4 is 14.2 Å². The predicted molar refractivity (Wildman–Crippen MR) is 160 cm³/mol. The van der Waals surface area contributed by atoms with Gasteiger partial charge in [-0.3, -0.25) is 25.0 Å². The second-order valence-corrected chi connectivity index (χ2v) is 12.0. The Morgan fingerprint density at radius 2 is 1.71 bits per heavy atom. The number of nitro benzene ring substituents is 2. The highest BCUT2D eigenvalue weighted by Gasteiger charge is 2.26. The molecule has 212 valence electrons. The molecule has 1 aliphatic heterocycles. The summed E-state index contributed by atoms with van der Waals surface area (Å²) in [6.45, 7) is 3.56. The third-order valence-corrected chi connectivity index (χ3v) is 8.37. The van der Waals surface area contributed by atoms with E-state index in [1.54, 1.807) is 26.0 Å². The molecule has 3 aromatic rings. The molecular formula is C25H19IN4O9S2. The summed E-state index contributed by atoms with van der Waals surface area (Å²) in [6.07, 6.45) is 1.57. The molecule has 0 bridgehead atoms. The summed E-state index contributed by atoms with van der Waals surface area (Å²) < 4.78 is 37.2. The van der Waals surface area contributed by atoms with E-state index in [2.05, 4.69) is 10.3 Å². The molecule has 1 amide bonds. The highest BCUT2D eigenvalue weighted by Crippen LogP contribution is 2.38. The number of thioether (sulfide) groups is 1. The first-order valence-electron chi connectivity index (χ1n) is 11.6. The van der Waals surface area contributed by atoms with Gasteiger partial charge in [-0.2, -0.15) is 8.42 Å². The summed E-state index contributed by atoms with van der Waals surface area (Å²) in [5.74, 6) is -0.384. The second kappa shape index (κ2) is 12.2. The van der Waals surface area contributed by atoms with Crippen molar-refractivity contribution in [2.75, 3.05) is 6.61 Å². The van der Waals surface area contributed by atoms with E-state index in [-0.39, 0.29) is 39.5 Å².